The number of nitrogens with one attached hydrogen (secondary N) is 1. The first-order chi connectivity index (χ1) is 11.6. The molecular formula is C18H16ClN3O2. The second-order valence-corrected chi connectivity index (χ2v) is 5.79. The van der Waals surface area contributed by atoms with E-state index < -0.39 is 6.04 Å². The average Bonchev–Trinajstić information content (AvgIpc) is 3.01. The highest BCUT2D eigenvalue weighted by molar-refractivity contribution is 6.32. The van der Waals surface area contributed by atoms with Crippen LogP contribution in [-0.2, 0) is 7.05 Å². The summed E-state index contributed by atoms with van der Waals surface area (Å²) in [5.41, 5.74) is 1.29. The van der Waals surface area contributed by atoms with E-state index in [2.05, 4.69) is 10.3 Å². The SMILES string of the molecule is Cn1ccnc1[C@H](NC(=O)c1ccc(O)c(Cl)c1)c1ccccc1. The number of amides is 1. The molecule has 2 N–H and O–H groups in total. The molecule has 1 amide bonds. The molecule has 0 fully saturated rings. The number of carbonyl (C=O) groups excluding carboxylic acids is 1. The number of aromatic nitrogens is 2. The van der Waals surface area contributed by atoms with Gasteiger partial charge in [0.05, 0.1) is 5.02 Å². The molecule has 5 nitrogen and oxygen atoms in total. The highest BCUT2D eigenvalue weighted by Gasteiger charge is 2.21. The predicted octanol–water partition coefficient (Wildman–Crippen LogP) is 3.30. The molecule has 3 aromatic rings. The smallest absolute Gasteiger partial charge is 0.252 e. The lowest BCUT2D eigenvalue weighted by molar-refractivity contribution is 0.0941. The summed E-state index contributed by atoms with van der Waals surface area (Å²) in [4.78, 5) is 17.0. The highest BCUT2D eigenvalue weighted by Crippen LogP contribution is 2.25. The summed E-state index contributed by atoms with van der Waals surface area (Å²) in [5, 5.41) is 12.6. The Hall–Kier alpha value is -2.79. The number of rotatable bonds is 4. The number of carbonyl (C=O) groups is 1. The van der Waals surface area contributed by atoms with Crippen molar-refractivity contribution in [3.8, 4) is 5.75 Å². The zero-order valence-electron chi connectivity index (χ0n) is 13.0. The fourth-order valence-corrected chi connectivity index (χ4v) is 2.64. The van der Waals surface area contributed by atoms with Crippen LogP contribution in [0, 0.1) is 0 Å². The topological polar surface area (TPSA) is 67.2 Å². The lowest BCUT2D eigenvalue weighted by atomic mass is 10.1. The van der Waals surface area contributed by atoms with Crippen LogP contribution in [0.25, 0.3) is 0 Å². The number of nitrogens with zero attached hydrogens (tertiary/aromatic N) is 2. The van der Waals surface area contributed by atoms with Crippen molar-refractivity contribution in [3.63, 3.8) is 0 Å². The van der Waals surface area contributed by atoms with Crippen molar-refractivity contribution >= 4 is 17.5 Å². The van der Waals surface area contributed by atoms with Gasteiger partial charge in [-0.15, -0.1) is 0 Å². The molecule has 0 saturated heterocycles. The number of hydrogen-bond donors (Lipinski definition) is 2. The van der Waals surface area contributed by atoms with Crippen molar-refractivity contribution in [2.45, 2.75) is 6.04 Å². The number of phenolic OH excluding ortho intramolecular Hbond substituents is 1. The van der Waals surface area contributed by atoms with Gasteiger partial charge in [0.1, 0.15) is 17.6 Å². The van der Waals surface area contributed by atoms with Gasteiger partial charge in [0.25, 0.3) is 5.91 Å². The van der Waals surface area contributed by atoms with Crippen LogP contribution < -0.4 is 5.32 Å². The molecule has 0 bridgehead atoms. The molecule has 0 radical (unpaired) electrons. The maximum absolute atomic E-state index is 12.6. The Kier molecular flexibility index (Phi) is 4.53. The number of imidazole rings is 1. The van der Waals surface area contributed by atoms with E-state index in [9.17, 15) is 9.90 Å². The largest absolute Gasteiger partial charge is 0.506 e. The van der Waals surface area contributed by atoms with Crippen LogP contribution in [0.3, 0.4) is 0 Å². The van der Waals surface area contributed by atoms with Gasteiger partial charge in [-0.2, -0.15) is 0 Å². The molecule has 3 rings (SSSR count). The third-order valence-corrected chi connectivity index (χ3v) is 4.04. The molecule has 0 unspecified atom stereocenters. The van der Waals surface area contributed by atoms with Crippen LogP contribution in [0.15, 0.2) is 60.9 Å². The van der Waals surface area contributed by atoms with Gasteiger partial charge in [-0.05, 0) is 23.8 Å². The molecule has 24 heavy (non-hydrogen) atoms. The van der Waals surface area contributed by atoms with E-state index in [1.807, 2.05) is 48.1 Å². The summed E-state index contributed by atoms with van der Waals surface area (Å²) in [7, 11) is 1.88. The minimum absolute atomic E-state index is 0.0584. The van der Waals surface area contributed by atoms with E-state index >= 15 is 0 Å². The van der Waals surface area contributed by atoms with Crippen molar-refractivity contribution in [2.75, 3.05) is 0 Å². The summed E-state index contributed by atoms with van der Waals surface area (Å²) in [5.74, 6) is 0.366. The molecule has 0 aliphatic heterocycles. The standard InChI is InChI=1S/C18H16ClN3O2/c1-22-10-9-20-17(22)16(12-5-3-2-4-6-12)21-18(24)13-7-8-15(23)14(19)11-13/h2-11,16,23H,1H3,(H,21,24)/t16-/m1/s1. The summed E-state index contributed by atoms with van der Waals surface area (Å²) < 4.78 is 1.86. The van der Waals surface area contributed by atoms with E-state index in [1.54, 1.807) is 6.20 Å². The monoisotopic (exact) mass is 341 g/mol. The van der Waals surface area contributed by atoms with Gasteiger partial charge >= 0.3 is 0 Å². The summed E-state index contributed by atoms with van der Waals surface area (Å²) >= 11 is 5.89. The van der Waals surface area contributed by atoms with Crippen molar-refractivity contribution < 1.29 is 9.90 Å². The van der Waals surface area contributed by atoms with Gasteiger partial charge in [0.2, 0.25) is 0 Å². The second kappa shape index (κ2) is 6.76. The lowest BCUT2D eigenvalue weighted by Gasteiger charge is -2.19. The molecular weight excluding hydrogens is 326 g/mol. The van der Waals surface area contributed by atoms with Crippen LogP contribution in [0.5, 0.6) is 5.75 Å². The van der Waals surface area contributed by atoms with Crippen molar-refractivity contribution in [1.82, 2.24) is 14.9 Å². The number of hydrogen-bond acceptors (Lipinski definition) is 3. The maximum Gasteiger partial charge on any atom is 0.252 e. The zero-order chi connectivity index (χ0) is 17.1. The maximum atomic E-state index is 12.6. The summed E-state index contributed by atoms with van der Waals surface area (Å²) in [6.07, 6.45) is 3.52. The van der Waals surface area contributed by atoms with Crippen molar-refractivity contribution in [2.24, 2.45) is 7.05 Å². The van der Waals surface area contributed by atoms with Gasteiger partial charge in [-0.25, -0.2) is 4.98 Å². The minimum atomic E-state index is -0.397. The van der Waals surface area contributed by atoms with Crippen LogP contribution in [0.2, 0.25) is 5.02 Å². The van der Waals surface area contributed by atoms with Crippen LogP contribution in [0.4, 0.5) is 0 Å². The highest BCUT2D eigenvalue weighted by atomic mass is 35.5. The molecule has 0 aliphatic carbocycles. The number of halogens is 1. The first-order valence-electron chi connectivity index (χ1n) is 7.38. The minimum Gasteiger partial charge on any atom is -0.506 e. The van der Waals surface area contributed by atoms with E-state index in [-0.39, 0.29) is 16.7 Å². The Morgan fingerprint density at radius 3 is 2.62 bits per heavy atom. The molecule has 122 valence electrons. The van der Waals surface area contributed by atoms with Gasteiger partial charge in [0.15, 0.2) is 0 Å². The molecule has 2 aromatic carbocycles. The second-order valence-electron chi connectivity index (χ2n) is 5.38. The van der Waals surface area contributed by atoms with Gasteiger partial charge in [-0.3, -0.25) is 4.79 Å². The molecule has 1 heterocycles. The molecule has 1 aromatic heterocycles. The fraction of sp³-hybridized carbons (Fsp3) is 0.111. The Bertz CT molecular complexity index is 862. The van der Waals surface area contributed by atoms with Gasteiger partial charge in [-0.1, -0.05) is 41.9 Å². The summed E-state index contributed by atoms with van der Waals surface area (Å²) in [6, 6.07) is 13.6. The number of phenols is 1. The normalized spacial score (nSPS) is 11.9. The molecule has 1 atom stereocenters. The summed E-state index contributed by atoms with van der Waals surface area (Å²) in [6.45, 7) is 0. The van der Waals surface area contributed by atoms with Gasteiger partial charge in [0, 0.05) is 25.0 Å². The van der Waals surface area contributed by atoms with Gasteiger partial charge < -0.3 is 15.0 Å². The number of aromatic hydroxyl groups is 1. The van der Waals surface area contributed by atoms with Crippen LogP contribution in [0.1, 0.15) is 27.8 Å². The first-order valence-corrected chi connectivity index (χ1v) is 7.75. The van der Waals surface area contributed by atoms with E-state index in [0.29, 0.717) is 5.56 Å². The molecule has 0 spiro atoms. The van der Waals surface area contributed by atoms with E-state index in [4.69, 9.17) is 11.6 Å². The zero-order valence-corrected chi connectivity index (χ0v) is 13.7. The predicted molar refractivity (Wildman–Crippen MR) is 92.1 cm³/mol. The number of aryl methyl sites for hydroxylation is 1. The number of benzene rings is 2. The third kappa shape index (κ3) is 3.26. The van der Waals surface area contributed by atoms with Crippen molar-refractivity contribution in [3.05, 3.63) is 82.9 Å². The molecule has 0 aliphatic rings. The Labute approximate surface area is 144 Å². The first kappa shape index (κ1) is 16.1. The lowest BCUT2D eigenvalue weighted by Crippen LogP contribution is -2.31. The van der Waals surface area contributed by atoms with Crippen molar-refractivity contribution in [1.29, 1.82) is 0 Å². The van der Waals surface area contributed by atoms with E-state index in [1.165, 1.54) is 18.2 Å². The molecule has 0 saturated carbocycles. The van der Waals surface area contributed by atoms with Crippen LogP contribution >= 0.6 is 11.6 Å². The Balaban J connectivity index is 1.93. The fourth-order valence-electron chi connectivity index (χ4n) is 2.46. The van der Waals surface area contributed by atoms with Crippen LogP contribution in [-0.4, -0.2) is 20.6 Å². The Morgan fingerprint density at radius 2 is 2.00 bits per heavy atom. The van der Waals surface area contributed by atoms with E-state index in [0.717, 1.165) is 11.4 Å². The quantitative estimate of drug-likeness (QED) is 0.765. The third-order valence-electron chi connectivity index (χ3n) is 3.73. The Morgan fingerprint density at radius 1 is 1.25 bits per heavy atom. The average molecular weight is 342 g/mol. The molecule has 6 heteroatoms.